The lowest BCUT2D eigenvalue weighted by Gasteiger charge is -2.20. The van der Waals surface area contributed by atoms with Gasteiger partial charge in [-0.3, -0.25) is 9.79 Å². The Balaban J connectivity index is 2.20. The Kier molecular flexibility index (Phi) is 4.43. The number of hydrogen-bond donors (Lipinski definition) is 1. The maximum atomic E-state index is 13.5. The molecule has 0 fully saturated rings. The number of carbonyl (C=O) groups excluding carboxylic acids is 1. The van der Waals surface area contributed by atoms with Crippen LogP contribution in [0.3, 0.4) is 0 Å². The molecule has 4 nitrogen and oxygen atoms in total. The minimum atomic E-state index is -4.62. The number of nitrogens with zero attached hydrogens (tertiary/aromatic N) is 1. The highest BCUT2D eigenvalue weighted by Crippen LogP contribution is 2.45. The molecule has 130 valence electrons. The maximum absolute atomic E-state index is 13.5. The van der Waals surface area contributed by atoms with Gasteiger partial charge in [0.15, 0.2) is 6.61 Å². The van der Waals surface area contributed by atoms with Gasteiger partial charge in [0.2, 0.25) is 0 Å². The second-order valence-corrected chi connectivity index (χ2v) is 5.69. The molecule has 0 aromatic heterocycles. The van der Waals surface area contributed by atoms with Gasteiger partial charge in [0, 0.05) is 11.8 Å². The average Bonchev–Trinajstić information content (AvgIpc) is 2.53. The van der Waals surface area contributed by atoms with E-state index in [1.807, 2.05) is 0 Å². The third kappa shape index (κ3) is 3.46. The number of anilines is 1. The van der Waals surface area contributed by atoms with Crippen LogP contribution in [0.2, 0.25) is 5.02 Å². The number of amides is 1. The summed E-state index contributed by atoms with van der Waals surface area (Å²) in [6, 6.07) is 6.68. The summed E-state index contributed by atoms with van der Waals surface area (Å²) >= 11 is 6.13. The molecule has 0 unspecified atom stereocenters. The summed E-state index contributed by atoms with van der Waals surface area (Å²) in [4.78, 5) is 15.3. The molecular weight excluding hydrogens is 357 g/mol. The van der Waals surface area contributed by atoms with E-state index < -0.39 is 11.7 Å². The van der Waals surface area contributed by atoms with E-state index in [1.165, 1.54) is 30.5 Å². The third-order valence-corrected chi connectivity index (χ3v) is 3.86. The Morgan fingerprint density at radius 1 is 1.28 bits per heavy atom. The van der Waals surface area contributed by atoms with E-state index in [-0.39, 0.29) is 34.4 Å². The summed E-state index contributed by atoms with van der Waals surface area (Å²) in [6.45, 7) is 1.46. The fourth-order valence-electron chi connectivity index (χ4n) is 2.57. The van der Waals surface area contributed by atoms with E-state index in [4.69, 9.17) is 16.3 Å². The molecular formula is C17H12ClF3N2O2. The number of hydrogen-bond acceptors (Lipinski definition) is 3. The van der Waals surface area contributed by atoms with E-state index in [9.17, 15) is 18.0 Å². The van der Waals surface area contributed by atoms with Gasteiger partial charge in [-0.25, -0.2) is 0 Å². The van der Waals surface area contributed by atoms with Crippen molar-refractivity contribution in [3.05, 3.63) is 40.9 Å². The number of benzene rings is 2. The largest absolute Gasteiger partial charge is 0.482 e. The lowest BCUT2D eigenvalue weighted by Crippen LogP contribution is -2.25. The van der Waals surface area contributed by atoms with Crippen LogP contribution < -0.4 is 10.1 Å². The lowest BCUT2D eigenvalue weighted by atomic mass is 9.97. The molecule has 25 heavy (non-hydrogen) atoms. The van der Waals surface area contributed by atoms with Crippen molar-refractivity contribution in [3.63, 3.8) is 0 Å². The summed E-state index contributed by atoms with van der Waals surface area (Å²) in [7, 11) is 0. The molecule has 1 N–H and O–H groups in total. The first kappa shape index (κ1) is 17.3. The number of alkyl halides is 3. The molecule has 0 saturated heterocycles. The predicted octanol–water partition coefficient (Wildman–Crippen LogP) is 5.08. The van der Waals surface area contributed by atoms with Crippen LogP contribution in [-0.2, 0) is 11.0 Å². The van der Waals surface area contributed by atoms with Crippen LogP contribution >= 0.6 is 11.6 Å². The Bertz CT molecular complexity index is 879. The quantitative estimate of drug-likeness (QED) is 0.751. The molecule has 0 atom stereocenters. The van der Waals surface area contributed by atoms with Crippen molar-refractivity contribution in [2.45, 2.75) is 13.1 Å². The fraction of sp³-hybridized carbons (Fsp3) is 0.176. The van der Waals surface area contributed by atoms with Gasteiger partial charge in [-0.2, -0.15) is 13.2 Å². The monoisotopic (exact) mass is 368 g/mol. The van der Waals surface area contributed by atoms with Gasteiger partial charge >= 0.3 is 6.18 Å². The van der Waals surface area contributed by atoms with Crippen molar-refractivity contribution in [1.82, 2.24) is 0 Å². The Morgan fingerprint density at radius 2 is 2.04 bits per heavy atom. The van der Waals surface area contributed by atoms with Crippen LogP contribution in [-0.4, -0.2) is 18.7 Å². The van der Waals surface area contributed by atoms with Crippen LogP contribution in [0.5, 0.6) is 5.75 Å². The van der Waals surface area contributed by atoms with Crippen LogP contribution in [0.25, 0.3) is 11.1 Å². The maximum Gasteiger partial charge on any atom is 0.417 e. The highest BCUT2D eigenvalue weighted by atomic mass is 35.5. The highest BCUT2D eigenvalue weighted by molar-refractivity contribution is 6.34. The first-order valence-electron chi connectivity index (χ1n) is 7.26. The minimum Gasteiger partial charge on any atom is -0.482 e. The molecule has 8 heteroatoms. The summed E-state index contributed by atoms with van der Waals surface area (Å²) in [5.41, 5.74) is -0.448. The van der Waals surface area contributed by atoms with Crippen molar-refractivity contribution in [2.75, 3.05) is 11.9 Å². The van der Waals surface area contributed by atoms with Gasteiger partial charge in [-0.1, -0.05) is 17.7 Å². The molecule has 2 aromatic carbocycles. The molecule has 1 aliphatic heterocycles. The van der Waals surface area contributed by atoms with Gasteiger partial charge in [0.25, 0.3) is 5.91 Å². The van der Waals surface area contributed by atoms with Crippen molar-refractivity contribution in [2.24, 2.45) is 4.99 Å². The zero-order valence-corrected chi connectivity index (χ0v) is 13.7. The van der Waals surface area contributed by atoms with Gasteiger partial charge in [-0.05, 0) is 36.8 Å². The summed E-state index contributed by atoms with van der Waals surface area (Å²) < 4.78 is 45.8. The first-order valence-corrected chi connectivity index (χ1v) is 7.64. The Labute approximate surface area is 146 Å². The molecule has 2 aromatic rings. The van der Waals surface area contributed by atoms with Gasteiger partial charge in [0.1, 0.15) is 5.75 Å². The lowest BCUT2D eigenvalue weighted by molar-refractivity contribution is -0.137. The smallest absolute Gasteiger partial charge is 0.417 e. The molecule has 0 radical (unpaired) electrons. The Morgan fingerprint density at radius 3 is 2.72 bits per heavy atom. The number of carbonyl (C=O) groups is 1. The molecule has 1 aliphatic rings. The zero-order chi connectivity index (χ0) is 18.2. The highest BCUT2D eigenvalue weighted by Gasteiger charge is 2.35. The summed E-state index contributed by atoms with van der Waals surface area (Å²) in [5.74, 6) is 0.0136. The van der Waals surface area contributed by atoms with Gasteiger partial charge in [-0.15, -0.1) is 0 Å². The van der Waals surface area contributed by atoms with Crippen LogP contribution in [0, 0.1) is 0 Å². The first-order chi connectivity index (χ1) is 11.8. The molecule has 0 bridgehead atoms. The van der Waals surface area contributed by atoms with Crippen LogP contribution in [0.1, 0.15) is 12.5 Å². The van der Waals surface area contributed by atoms with Gasteiger partial charge < -0.3 is 10.1 Å². The number of rotatable bonds is 2. The second-order valence-electron chi connectivity index (χ2n) is 5.28. The van der Waals surface area contributed by atoms with E-state index in [1.54, 1.807) is 6.92 Å². The topological polar surface area (TPSA) is 50.7 Å². The van der Waals surface area contributed by atoms with Gasteiger partial charge in [0.05, 0.1) is 22.0 Å². The van der Waals surface area contributed by atoms with Crippen LogP contribution in [0.4, 0.5) is 24.5 Å². The Hall–Kier alpha value is -2.54. The summed E-state index contributed by atoms with van der Waals surface area (Å²) in [5, 5.41) is 2.48. The minimum absolute atomic E-state index is 0.0848. The van der Waals surface area contributed by atoms with E-state index in [0.29, 0.717) is 11.4 Å². The number of ether oxygens (including phenoxy) is 1. The number of aliphatic imine (C=N–C) groups is 1. The number of nitrogens with one attached hydrogen (secondary N) is 1. The zero-order valence-electron chi connectivity index (χ0n) is 12.9. The van der Waals surface area contributed by atoms with E-state index in [2.05, 4.69) is 10.3 Å². The fourth-order valence-corrected chi connectivity index (χ4v) is 2.89. The van der Waals surface area contributed by atoms with Crippen LogP contribution in [0.15, 0.2) is 35.3 Å². The van der Waals surface area contributed by atoms with Crippen molar-refractivity contribution >= 4 is 35.1 Å². The normalized spacial score (nSPS) is 14.2. The molecule has 3 rings (SSSR count). The molecule has 1 amide bonds. The van der Waals surface area contributed by atoms with Crippen molar-refractivity contribution < 1.29 is 22.7 Å². The molecule has 0 aliphatic carbocycles. The number of fused-ring (bicyclic) bond motifs is 1. The third-order valence-electron chi connectivity index (χ3n) is 3.56. The van der Waals surface area contributed by atoms with E-state index >= 15 is 0 Å². The average molecular weight is 369 g/mol. The van der Waals surface area contributed by atoms with Crippen molar-refractivity contribution in [3.8, 4) is 16.9 Å². The molecule has 0 saturated carbocycles. The van der Waals surface area contributed by atoms with Crippen molar-refractivity contribution in [1.29, 1.82) is 0 Å². The summed E-state index contributed by atoms with van der Waals surface area (Å²) in [6.07, 6.45) is -3.23. The number of halogens is 4. The SMILES string of the molecule is C/C=N\c1cc(Cl)c(-c2ccc3c(c2)NC(=O)CO3)c(C(F)(F)F)c1. The van der Waals surface area contributed by atoms with E-state index in [0.717, 1.165) is 6.07 Å². The molecule has 0 spiro atoms. The molecule has 1 heterocycles. The standard InChI is InChI=1S/C17H12ClF3N2O2/c1-2-22-10-6-11(17(19,20)21)16(12(18)7-10)9-3-4-14-13(5-9)23-15(24)8-25-14/h2-7H,8H2,1H3,(H,23,24)/b22-2-. The second kappa shape index (κ2) is 6.40. The predicted molar refractivity (Wildman–Crippen MR) is 89.8 cm³/mol.